The number of esters is 1. The summed E-state index contributed by atoms with van der Waals surface area (Å²) in [5.41, 5.74) is 9.16. The lowest BCUT2D eigenvalue weighted by Crippen LogP contribution is -2.59. The number of benzene rings is 1. The van der Waals surface area contributed by atoms with Crippen LogP contribution in [0.25, 0.3) is 0 Å². The predicted octanol–water partition coefficient (Wildman–Crippen LogP) is 3.26. The van der Waals surface area contributed by atoms with Crippen LogP contribution in [0.2, 0.25) is 0 Å². The van der Waals surface area contributed by atoms with Gasteiger partial charge >= 0.3 is 5.97 Å². The third-order valence-corrected chi connectivity index (χ3v) is 7.29. The molecule has 0 spiro atoms. The van der Waals surface area contributed by atoms with E-state index < -0.39 is 6.04 Å². The van der Waals surface area contributed by atoms with Crippen LogP contribution in [0.15, 0.2) is 18.2 Å². The van der Waals surface area contributed by atoms with Crippen molar-refractivity contribution in [1.82, 2.24) is 4.90 Å². The van der Waals surface area contributed by atoms with E-state index in [9.17, 15) is 4.79 Å². The van der Waals surface area contributed by atoms with E-state index in [0.29, 0.717) is 11.8 Å². The molecule has 2 bridgehead atoms. The maximum absolute atomic E-state index is 12.3. The minimum Gasteiger partial charge on any atom is -0.425 e. The van der Waals surface area contributed by atoms with E-state index in [1.807, 2.05) is 19.9 Å². The number of carbonyl (C=O) groups excluding carboxylic acids is 1. The average molecular weight is 357 g/mol. The third kappa shape index (κ3) is 2.78. The van der Waals surface area contributed by atoms with Crippen LogP contribution in [0.4, 0.5) is 0 Å². The summed E-state index contributed by atoms with van der Waals surface area (Å²) in [4.78, 5) is 14.9. The van der Waals surface area contributed by atoms with Crippen molar-refractivity contribution < 1.29 is 9.53 Å². The van der Waals surface area contributed by atoms with Gasteiger partial charge in [0.05, 0.1) is 0 Å². The number of likely N-dealkylation sites (N-methyl/N-ethyl adjacent to an activating group) is 1. The standard InChI is InChI=1S/C22H32N2O2/c1-14(2)20(23)21(25)26-16-8-7-15-12-19-17-6-4-5-9-22(17,18(15)13-16)10-11-24(19)3/h7-8,13-14,17,19-20H,4-6,9-12,23H2,1-3H3/t17-,19+,20?,22+/m1/s1. The minimum absolute atomic E-state index is 0.0797. The first-order chi connectivity index (χ1) is 12.4. The number of nitrogens with zero attached hydrogens (tertiary/aromatic N) is 1. The maximum Gasteiger partial charge on any atom is 0.328 e. The highest BCUT2D eigenvalue weighted by Gasteiger charge is 2.53. The van der Waals surface area contributed by atoms with Gasteiger partial charge in [0, 0.05) is 11.5 Å². The normalized spacial score (nSPS) is 31.9. The predicted molar refractivity (Wildman–Crippen MR) is 103 cm³/mol. The molecule has 0 aromatic heterocycles. The van der Waals surface area contributed by atoms with E-state index in [2.05, 4.69) is 24.1 Å². The Hall–Kier alpha value is -1.39. The second-order valence-electron chi connectivity index (χ2n) is 9.02. The highest BCUT2D eigenvalue weighted by Crippen LogP contribution is 2.55. The Kier molecular flexibility index (Phi) is 4.60. The highest BCUT2D eigenvalue weighted by atomic mass is 16.5. The quantitative estimate of drug-likeness (QED) is 0.667. The first-order valence-electron chi connectivity index (χ1n) is 10.2. The highest BCUT2D eigenvalue weighted by molar-refractivity contribution is 5.78. The summed E-state index contributed by atoms with van der Waals surface area (Å²) in [6.45, 7) is 5.06. The molecular formula is C22H32N2O2. The second-order valence-corrected chi connectivity index (χ2v) is 9.02. The molecule has 4 heteroatoms. The lowest BCUT2D eigenvalue weighted by atomic mass is 9.52. The zero-order valence-electron chi connectivity index (χ0n) is 16.3. The molecule has 2 aliphatic carbocycles. The molecule has 26 heavy (non-hydrogen) atoms. The Morgan fingerprint density at radius 2 is 2.12 bits per heavy atom. The van der Waals surface area contributed by atoms with Gasteiger partial charge in [-0.1, -0.05) is 32.8 Å². The molecule has 4 nitrogen and oxygen atoms in total. The molecule has 1 aliphatic heterocycles. The van der Waals surface area contributed by atoms with Gasteiger partial charge < -0.3 is 15.4 Å². The largest absolute Gasteiger partial charge is 0.425 e. The lowest BCUT2D eigenvalue weighted by molar-refractivity contribution is -0.136. The van der Waals surface area contributed by atoms with E-state index in [1.54, 1.807) is 0 Å². The molecule has 1 unspecified atom stereocenters. The van der Waals surface area contributed by atoms with Crippen molar-refractivity contribution in [2.24, 2.45) is 17.6 Å². The van der Waals surface area contributed by atoms with Crippen molar-refractivity contribution in [2.45, 2.75) is 69.9 Å². The molecule has 1 aromatic carbocycles. The summed E-state index contributed by atoms with van der Waals surface area (Å²) >= 11 is 0. The Morgan fingerprint density at radius 1 is 1.31 bits per heavy atom. The number of hydrogen-bond donors (Lipinski definition) is 1. The van der Waals surface area contributed by atoms with Crippen LogP contribution in [-0.2, 0) is 16.6 Å². The molecule has 0 radical (unpaired) electrons. The molecule has 142 valence electrons. The fourth-order valence-corrected chi connectivity index (χ4v) is 5.70. The topological polar surface area (TPSA) is 55.6 Å². The summed E-state index contributed by atoms with van der Waals surface area (Å²) in [6, 6.07) is 6.41. The summed E-state index contributed by atoms with van der Waals surface area (Å²) in [6.07, 6.45) is 7.62. The molecule has 2 fully saturated rings. The molecular weight excluding hydrogens is 324 g/mol. The van der Waals surface area contributed by atoms with Crippen LogP contribution < -0.4 is 10.5 Å². The zero-order valence-corrected chi connectivity index (χ0v) is 16.3. The van der Waals surface area contributed by atoms with Crippen molar-refractivity contribution in [3.63, 3.8) is 0 Å². The Balaban J connectivity index is 1.68. The number of likely N-dealkylation sites (tertiary alicyclic amines) is 1. The number of rotatable bonds is 3. The van der Waals surface area contributed by atoms with Crippen molar-refractivity contribution in [2.75, 3.05) is 13.6 Å². The van der Waals surface area contributed by atoms with Crippen molar-refractivity contribution in [3.05, 3.63) is 29.3 Å². The van der Waals surface area contributed by atoms with E-state index in [1.165, 1.54) is 49.8 Å². The van der Waals surface area contributed by atoms with E-state index in [-0.39, 0.29) is 17.3 Å². The van der Waals surface area contributed by atoms with Crippen LogP contribution in [0.1, 0.15) is 57.1 Å². The van der Waals surface area contributed by atoms with Crippen LogP contribution in [-0.4, -0.2) is 36.5 Å². The zero-order chi connectivity index (χ0) is 18.5. The first kappa shape index (κ1) is 18.0. The Morgan fingerprint density at radius 3 is 2.88 bits per heavy atom. The summed E-state index contributed by atoms with van der Waals surface area (Å²) in [7, 11) is 2.29. The SMILES string of the molecule is CC(C)C(N)C(=O)Oc1ccc2c(c1)[C@]13CCCC[C@@H]1[C@H](C2)N(C)CC3. The number of hydrogen-bond acceptors (Lipinski definition) is 4. The fraction of sp³-hybridized carbons (Fsp3) is 0.682. The van der Waals surface area contributed by atoms with Gasteiger partial charge in [0.15, 0.2) is 0 Å². The van der Waals surface area contributed by atoms with Gasteiger partial charge in [-0.2, -0.15) is 0 Å². The average Bonchev–Trinajstić information content (AvgIpc) is 2.64. The number of fused-ring (bicyclic) bond motifs is 1. The van der Waals surface area contributed by atoms with Gasteiger partial charge in [-0.25, -0.2) is 4.79 Å². The van der Waals surface area contributed by atoms with Crippen LogP contribution in [0.3, 0.4) is 0 Å². The Labute approximate surface area is 157 Å². The molecule has 0 amide bonds. The van der Waals surface area contributed by atoms with E-state index >= 15 is 0 Å². The Bertz CT molecular complexity index is 701. The fourth-order valence-electron chi connectivity index (χ4n) is 5.70. The molecule has 1 heterocycles. The molecule has 2 N–H and O–H groups in total. The van der Waals surface area contributed by atoms with Gasteiger partial charge in [0.2, 0.25) is 0 Å². The van der Waals surface area contributed by atoms with Gasteiger partial charge in [-0.05, 0) is 74.4 Å². The molecule has 4 atom stereocenters. The number of ether oxygens (including phenoxy) is 1. The third-order valence-electron chi connectivity index (χ3n) is 7.29. The molecule has 1 saturated carbocycles. The van der Waals surface area contributed by atoms with E-state index in [4.69, 9.17) is 10.5 Å². The van der Waals surface area contributed by atoms with Crippen LogP contribution in [0, 0.1) is 11.8 Å². The van der Waals surface area contributed by atoms with Gasteiger partial charge in [-0.3, -0.25) is 0 Å². The first-order valence-corrected chi connectivity index (χ1v) is 10.2. The molecule has 1 aromatic rings. The lowest BCUT2D eigenvalue weighted by Gasteiger charge is -2.58. The van der Waals surface area contributed by atoms with Crippen molar-refractivity contribution in [1.29, 1.82) is 0 Å². The smallest absolute Gasteiger partial charge is 0.328 e. The monoisotopic (exact) mass is 356 g/mol. The molecule has 3 aliphatic rings. The van der Waals surface area contributed by atoms with Crippen molar-refractivity contribution in [3.8, 4) is 5.75 Å². The molecule has 4 rings (SSSR count). The van der Waals surface area contributed by atoms with E-state index in [0.717, 1.165) is 12.3 Å². The maximum atomic E-state index is 12.3. The summed E-state index contributed by atoms with van der Waals surface area (Å²) in [5.74, 6) is 1.16. The van der Waals surface area contributed by atoms with Crippen LogP contribution >= 0.6 is 0 Å². The van der Waals surface area contributed by atoms with Crippen molar-refractivity contribution >= 4 is 5.97 Å². The van der Waals surface area contributed by atoms with Gasteiger partial charge in [0.1, 0.15) is 11.8 Å². The number of carbonyl (C=O) groups is 1. The summed E-state index contributed by atoms with van der Waals surface area (Å²) in [5, 5.41) is 0. The summed E-state index contributed by atoms with van der Waals surface area (Å²) < 4.78 is 5.66. The van der Waals surface area contributed by atoms with Gasteiger partial charge in [0.25, 0.3) is 0 Å². The second kappa shape index (κ2) is 6.65. The van der Waals surface area contributed by atoms with Gasteiger partial charge in [-0.15, -0.1) is 0 Å². The number of piperidine rings is 1. The number of nitrogens with two attached hydrogens (primary N) is 1. The minimum atomic E-state index is -0.570. The molecule has 1 saturated heterocycles. The van der Waals surface area contributed by atoms with Crippen LogP contribution in [0.5, 0.6) is 5.75 Å².